The lowest BCUT2D eigenvalue weighted by Gasteiger charge is -2.09. The minimum absolute atomic E-state index is 0.0733. The molecule has 1 amide bonds. The fourth-order valence-electron chi connectivity index (χ4n) is 2.74. The van der Waals surface area contributed by atoms with Crippen molar-refractivity contribution in [3.05, 3.63) is 72.3 Å². The van der Waals surface area contributed by atoms with E-state index in [0.717, 1.165) is 28.2 Å². The molecule has 1 N–H and O–H groups in total. The second-order valence-corrected chi connectivity index (χ2v) is 7.22. The smallest absolute Gasteiger partial charge is 0.234 e. The number of rotatable bonds is 7. The number of allylic oxidation sites excluding steroid dienone is 1. The molecule has 0 saturated heterocycles. The average Bonchev–Trinajstić information content (AvgIpc) is 3.03. The number of hydrogen-bond donors (Lipinski definition) is 1. The monoisotopic (exact) mass is 378 g/mol. The first-order chi connectivity index (χ1) is 13.1. The summed E-state index contributed by atoms with van der Waals surface area (Å²) in [5.74, 6) is 0.966. The molecule has 1 heterocycles. The van der Waals surface area contributed by atoms with Gasteiger partial charge in [-0.25, -0.2) is 0 Å². The summed E-state index contributed by atoms with van der Waals surface area (Å²) in [6, 6.07) is 15.9. The van der Waals surface area contributed by atoms with E-state index in [-0.39, 0.29) is 11.7 Å². The molecule has 0 fully saturated rings. The van der Waals surface area contributed by atoms with Crippen molar-refractivity contribution < 1.29 is 4.79 Å². The Hall–Kier alpha value is -2.86. The third-order valence-electron chi connectivity index (χ3n) is 3.94. The lowest BCUT2D eigenvalue weighted by molar-refractivity contribution is -0.113. The Morgan fingerprint density at radius 3 is 2.59 bits per heavy atom. The van der Waals surface area contributed by atoms with E-state index >= 15 is 0 Å². The summed E-state index contributed by atoms with van der Waals surface area (Å²) in [6.07, 6.45) is 1.81. The summed E-state index contributed by atoms with van der Waals surface area (Å²) in [5, 5.41) is 12.2. The van der Waals surface area contributed by atoms with Crippen LogP contribution in [0.25, 0.3) is 11.4 Å². The first-order valence-electron chi connectivity index (χ1n) is 8.67. The summed E-state index contributed by atoms with van der Waals surface area (Å²) < 4.78 is 1.98. The van der Waals surface area contributed by atoms with Crippen molar-refractivity contribution >= 4 is 23.4 Å². The SMILES string of the molecule is C=CCn1c(SCC(=O)Nc2cccc(C)c2)nnc1-c1cccc(C)c1. The topological polar surface area (TPSA) is 59.8 Å². The number of aromatic nitrogens is 3. The standard InChI is InChI=1S/C21H22N4OS/c1-4-11-25-20(17-9-5-7-15(2)12-17)23-24-21(25)27-14-19(26)22-18-10-6-8-16(3)13-18/h4-10,12-13H,1,11,14H2,2-3H3,(H,22,26). The number of carbonyl (C=O) groups excluding carboxylic acids is 1. The van der Waals surface area contributed by atoms with Crippen LogP contribution in [0, 0.1) is 13.8 Å². The van der Waals surface area contributed by atoms with Gasteiger partial charge < -0.3 is 5.32 Å². The van der Waals surface area contributed by atoms with Crippen LogP contribution in [0.4, 0.5) is 5.69 Å². The summed E-state index contributed by atoms with van der Waals surface area (Å²) in [5.41, 5.74) is 4.07. The molecule has 0 atom stereocenters. The van der Waals surface area contributed by atoms with Crippen molar-refractivity contribution in [1.29, 1.82) is 0 Å². The maximum atomic E-state index is 12.3. The predicted octanol–water partition coefficient (Wildman–Crippen LogP) is 4.48. The molecule has 0 unspecified atom stereocenters. The van der Waals surface area contributed by atoms with Crippen molar-refractivity contribution in [3.8, 4) is 11.4 Å². The number of nitrogens with one attached hydrogen (secondary N) is 1. The fourth-order valence-corrected chi connectivity index (χ4v) is 3.48. The predicted molar refractivity (Wildman–Crippen MR) is 111 cm³/mol. The van der Waals surface area contributed by atoms with Crippen molar-refractivity contribution in [2.45, 2.75) is 25.5 Å². The highest BCUT2D eigenvalue weighted by Crippen LogP contribution is 2.25. The number of aryl methyl sites for hydroxylation is 2. The quantitative estimate of drug-likeness (QED) is 0.486. The number of nitrogens with zero attached hydrogens (tertiary/aromatic N) is 3. The van der Waals surface area contributed by atoms with Gasteiger partial charge in [0.2, 0.25) is 5.91 Å². The summed E-state index contributed by atoms with van der Waals surface area (Å²) in [4.78, 5) is 12.3. The van der Waals surface area contributed by atoms with Gasteiger partial charge in [0.25, 0.3) is 0 Å². The highest BCUT2D eigenvalue weighted by atomic mass is 32.2. The van der Waals surface area contributed by atoms with Crippen molar-refractivity contribution in [2.24, 2.45) is 0 Å². The van der Waals surface area contributed by atoms with E-state index in [1.54, 1.807) is 6.08 Å². The number of anilines is 1. The maximum absolute atomic E-state index is 12.3. The Labute approximate surface area is 163 Å². The molecule has 0 saturated carbocycles. The first kappa shape index (κ1) is 18.9. The molecule has 138 valence electrons. The average molecular weight is 379 g/mol. The molecule has 0 aliphatic heterocycles. The van der Waals surface area contributed by atoms with Crippen LogP contribution in [-0.4, -0.2) is 26.4 Å². The molecule has 0 aliphatic rings. The van der Waals surface area contributed by atoms with Crippen LogP contribution in [0.3, 0.4) is 0 Å². The van der Waals surface area contributed by atoms with Crippen molar-refractivity contribution in [2.75, 3.05) is 11.1 Å². The van der Waals surface area contributed by atoms with Crippen LogP contribution < -0.4 is 5.32 Å². The minimum Gasteiger partial charge on any atom is -0.325 e. The van der Waals surface area contributed by atoms with Gasteiger partial charge in [-0.1, -0.05) is 53.7 Å². The van der Waals surface area contributed by atoms with Gasteiger partial charge in [-0.15, -0.1) is 16.8 Å². The van der Waals surface area contributed by atoms with E-state index < -0.39 is 0 Å². The zero-order valence-electron chi connectivity index (χ0n) is 15.5. The van der Waals surface area contributed by atoms with E-state index in [4.69, 9.17) is 0 Å². The molecule has 0 aliphatic carbocycles. The van der Waals surface area contributed by atoms with Gasteiger partial charge in [0.1, 0.15) is 0 Å². The van der Waals surface area contributed by atoms with Gasteiger partial charge in [0, 0.05) is 17.8 Å². The van der Waals surface area contributed by atoms with Crippen LogP contribution in [0.2, 0.25) is 0 Å². The van der Waals surface area contributed by atoms with E-state index in [1.165, 1.54) is 11.8 Å². The fraction of sp³-hybridized carbons (Fsp3) is 0.190. The number of benzene rings is 2. The molecular formula is C21H22N4OS. The lowest BCUT2D eigenvalue weighted by atomic mass is 10.1. The molecule has 27 heavy (non-hydrogen) atoms. The van der Waals surface area contributed by atoms with Gasteiger partial charge in [0.05, 0.1) is 5.75 Å². The van der Waals surface area contributed by atoms with Gasteiger partial charge in [-0.3, -0.25) is 9.36 Å². The Balaban J connectivity index is 1.73. The maximum Gasteiger partial charge on any atom is 0.234 e. The number of thioether (sulfide) groups is 1. The van der Waals surface area contributed by atoms with Gasteiger partial charge in [-0.2, -0.15) is 0 Å². The summed E-state index contributed by atoms with van der Waals surface area (Å²) >= 11 is 1.37. The Bertz CT molecular complexity index is 964. The van der Waals surface area contributed by atoms with E-state index in [9.17, 15) is 4.79 Å². The third kappa shape index (κ3) is 4.86. The van der Waals surface area contributed by atoms with Gasteiger partial charge in [0.15, 0.2) is 11.0 Å². The zero-order valence-corrected chi connectivity index (χ0v) is 16.3. The zero-order chi connectivity index (χ0) is 19.2. The molecule has 0 radical (unpaired) electrons. The highest BCUT2D eigenvalue weighted by Gasteiger charge is 2.15. The molecule has 0 bridgehead atoms. The molecular weight excluding hydrogens is 356 g/mol. The van der Waals surface area contributed by atoms with Crippen LogP contribution in [0.15, 0.2) is 66.3 Å². The van der Waals surface area contributed by atoms with Crippen LogP contribution in [0.5, 0.6) is 0 Å². The molecule has 2 aromatic carbocycles. The molecule has 3 aromatic rings. The second kappa shape index (κ2) is 8.68. The van der Waals surface area contributed by atoms with Crippen molar-refractivity contribution in [1.82, 2.24) is 14.8 Å². The minimum atomic E-state index is -0.0733. The number of carbonyl (C=O) groups is 1. The van der Waals surface area contributed by atoms with Crippen LogP contribution in [-0.2, 0) is 11.3 Å². The number of hydrogen-bond acceptors (Lipinski definition) is 4. The molecule has 3 rings (SSSR count). The summed E-state index contributed by atoms with van der Waals surface area (Å²) in [7, 11) is 0. The lowest BCUT2D eigenvalue weighted by Crippen LogP contribution is -2.14. The first-order valence-corrected chi connectivity index (χ1v) is 9.66. The van der Waals surface area contributed by atoms with E-state index in [1.807, 2.05) is 60.9 Å². The van der Waals surface area contributed by atoms with Crippen LogP contribution >= 0.6 is 11.8 Å². The molecule has 5 nitrogen and oxygen atoms in total. The Morgan fingerprint density at radius 1 is 1.15 bits per heavy atom. The van der Waals surface area contributed by atoms with E-state index in [0.29, 0.717) is 11.7 Å². The van der Waals surface area contributed by atoms with Crippen molar-refractivity contribution in [3.63, 3.8) is 0 Å². The summed E-state index contributed by atoms with van der Waals surface area (Å²) in [6.45, 7) is 8.44. The molecule has 6 heteroatoms. The van der Waals surface area contributed by atoms with E-state index in [2.05, 4.69) is 28.2 Å². The molecule has 0 spiro atoms. The van der Waals surface area contributed by atoms with Gasteiger partial charge in [-0.05, 0) is 37.6 Å². The van der Waals surface area contributed by atoms with Gasteiger partial charge >= 0.3 is 0 Å². The van der Waals surface area contributed by atoms with Crippen LogP contribution in [0.1, 0.15) is 11.1 Å². The third-order valence-corrected chi connectivity index (χ3v) is 4.91. The number of amides is 1. The Kier molecular flexibility index (Phi) is 6.08. The normalized spacial score (nSPS) is 10.6. The Morgan fingerprint density at radius 2 is 1.89 bits per heavy atom. The highest BCUT2D eigenvalue weighted by molar-refractivity contribution is 7.99. The largest absolute Gasteiger partial charge is 0.325 e. The second-order valence-electron chi connectivity index (χ2n) is 6.28. The molecule has 1 aromatic heterocycles.